The van der Waals surface area contributed by atoms with Gasteiger partial charge in [0, 0.05) is 5.56 Å². The molecule has 3 rings (SSSR count). The first-order chi connectivity index (χ1) is 11.4. The Balaban J connectivity index is 0.000000425. The van der Waals surface area contributed by atoms with Crippen molar-refractivity contribution in [3.05, 3.63) is 87.5 Å². The number of rotatable bonds is 2. The second-order valence-corrected chi connectivity index (χ2v) is 6.21. The molecule has 0 bridgehead atoms. The summed E-state index contributed by atoms with van der Waals surface area (Å²) < 4.78 is 0. The van der Waals surface area contributed by atoms with Gasteiger partial charge in [0.05, 0.1) is 0 Å². The van der Waals surface area contributed by atoms with E-state index in [1.165, 1.54) is 0 Å². The van der Waals surface area contributed by atoms with Crippen LogP contribution in [-0.2, 0) is 18.6 Å². The van der Waals surface area contributed by atoms with E-state index in [-0.39, 0.29) is 36.0 Å². The maximum atomic E-state index is 9.62. The van der Waals surface area contributed by atoms with E-state index in [1.807, 2.05) is 84.1 Å². The van der Waals surface area contributed by atoms with Gasteiger partial charge in [-0.2, -0.15) is 0 Å². The summed E-state index contributed by atoms with van der Waals surface area (Å²) in [5.41, 5.74) is 1.87. The third kappa shape index (κ3) is 9.61. The molecule has 1 aromatic rings. The van der Waals surface area contributed by atoms with Gasteiger partial charge < -0.3 is 10.2 Å². The summed E-state index contributed by atoms with van der Waals surface area (Å²) in [4.78, 5) is 0. The number of benzene rings is 1. The van der Waals surface area contributed by atoms with Crippen LogP contribution in [0.5, 0.6) is 11.5 Å². The fourth-order valence-corrected chi connectivity index (χ4v) is 2.08. The Labute approximate surface area is 167 Å². The van der Waals surface area contributed by atoms with Gasteiger partial charge in [-0.05, 0) is 87.7 Å². The van der Waals surface area contributed by atoms with E-state index in [4.69, 9.17) is 0 Å². The first kappa shape index (κ1) is 24.4. The monoisotopic (exact) mass is 375 g/mol. The van der Waals surface area contributed by atoms with E-state index in [9.17, 15) is 10.2 Å². The van der Waals surface area contributed by atoms with Crippen LogP contribution in [0.4, 0.5) is 0 Å². The molecule has 2 aliphatic rings. The SMILES string of the molecule is CC(C)c1cc(O)c(O)c(C(C)C)c1.[CH]1[CH][CH][CH][CH]1.[CH]1[CH][CH][CH][CH]1.[V+4]. The number of phenolic OH excluding ortho intramolecular Hbond substituents is 2. The number of phenols is 2. The Morgan fingerprint density at radius 1 is 0.600 bits per heavy atom. The average molecular weight is 375 g/mol. The second kappa shape index (κ2) is 13.6. The standard InChI is InChI=1S/C12H18O2.2C5H5.V/c1-7(2)9-5-10(8(3)4)12(14)11(13)6-9;2*1-2-4-5-3-1;/h5-8,13-14H,1-4H3;2*1-5H;/q;;;+4. The normalized spacial score (nSPS) is 15.9. The minimum Gasteiger partial charge on any atom is -0.504 e. The molecule has 11 radical (unpaired) electrons. The van der Waals surface area contributed by atoms with Gasteiger partial charge in [-0.15, -0.1) is 0 Å². The van der Waals surface area contributed by atoms with Crippen molar-refractivity contribution in [2.75, 3.05) is 0 Å². The van der Waals surface area contributed by atoms with Crippen LogP contribution in [0.25, 0.3) is 0 Å². The van der Waals surface area contributed by atoms with Crippen molar-refractivity contribution < 1.29 is 28.8 Å². The zero-order valence-electron chi connectivity index (χ0n) is 15.4. The molecule has 2 fully saturated rings. The first-order valence-electron chi connectivity index (χ1n) is 8.32. The Hall–Kier alpha value is -0.596. The molecule has 0 heterocycles. The predicted molar refractivity (Wildman–Crippen MR) is 101 cm³/mol. The zero-order chi connectivity index (χ0) is 17.9. The van der Waals surface area contributed by atoms with Gasteiger partial charge in [0.1, 0.15) is 0 Å². The quantitative estimate of drug-likeness (QED) is 0.681. The molecule has 2 nitrogen and oxygen atoms in total. The average Bonchev–Trinajstić information content (AvgIpc) is 3.28. The summed E-state index contributed by atoms with van der Waals surface area (Å²) in [5, 5.41) is 19.2. The summed E-state index contributed by atoms with van der Waals surface area (Å²) >= 11 is 0. The molecule has 0 aliphatic heterocycles. The zero-order valence-corrected chi connectivity index (χ0v) is 16.8. The van der Waals surface area contributed by atoms with E-state index < -0.39 is 0 Å². The summed E-state index contributed by atoms with van der Waals surface area (Å²) in [6.45, 7) is 8.13. The maximum Gasteiger partial charge on any atom is 4.00 e. The van der Waals surface area contributed by atoms with E-state index in [1.54, 1.807) is 6.07 Å². The van der Waals surface area contributed by atoms with Crippen LogP contribution in [0.15, 0.2) is 12.1 Å². The molecule has 0 saturated heterocycles. The van der Waals surface area contributed by atoms with Crippen LogP contribution in [0.3, 0.4) is 0 Å². The van der Waals surface area contributed by atoms with E-state index in [0.29, 0.717) is 5.92 Å². The molecule has 2 N–H and O–H groups in total. The van der Waals surface area contributed by atoms with Gasteiger partial charge in [-0.3, -0.25) is 0 Å². The molecule has 0 unspecified atom stereocenters. The molecular weight excluding hydrogens is 347 g/mol. The fraction of sp³-hybridized carbons (Fsp3) is 0.273. The molecule has 0 spiro atoms. The van der Waals surface area contributed by atoms with Gasteiger partial charge in [0.15, 0.2) is 11.5 Å². The summed E-state index contributed by atoms with van der Waals surface area (Å²) in [6.07, 6.45) is 20.0. The van der Waals surface area contributed by atoms with Crippen molar-refractivity contribution in [1.29, 1.82) is 0 Å². The van der Waals surface area contributed by atoms with Crippen molar-refractivity contribution in [3.63, 3.8) is 0 Å². The predicted octanol–water partition coefficient (Wildman–Crippen LogP) is 5.39. The van der Waals surface area contributed by atoms with Crippen molar-refractivity contribution in [2.24, 2.45) is 0 Å². The first-order valence-corrected chi connectivity index (χ1v) is 8.32. The number of hydrogen-bond donors (Lipinski definition) is 2. The Morgan fingerprint density at radius 3 is 1.24 bits per heavy atom. The molecule has 2 aliphatic carbocycles. The van der Waals surface area contributed by atoms with E-state index >= 15 is 0 Å². The van der Waals surface area contributed by atoms with Crippen molar-refractivity contribution >= 4 is 0 Å². The van der Waals surface area contributed by atoms with Crippen molar-refractivity contribution in [2.45, 2.75) is 39.5 Å². The van der Waals surface area contributed by atoms with Gasteiger partial charge >= 0.3 is 18.6 Å². The van der Waals surface area contributed by atoms with Crippen LogP contribution in [-0.4, -0.2) is 10.2 Å². The van der Waals surface area contributed by atoms with Gasteiger partial charge in [0.25, 0.3) is 0 Å². The van der Waals surface area contributed by atoms with Gasteiger partial charge in [0.2, 0.25) is 0 Å². The van der Waals surface area contributed by atoms with Crippen molar-refractivity contribution in [1.82, 2.24) is 0 Å². The molecule has 3 heteroatoms. The molecule has 0 amide bonds. The summed E-state index contributed by atoms with van der Waals surface area (Å²) in [5.74, 6) is 0.586. The minimum atomic E-state index is -0.0140. The maximum absolute atomic E-state index is 9.62. The fourth-order valence-electron chi connectivity index (χ4n) is 2.08. The van der Waals surface area contributed by atoms with Crippen LogP contribution in [0, 0.1) is 64.2 Å². The summed E-state index contributed by atoms with van der Waals surface area (Å²) in [6, 6.07) is 3.59. The molecule has 1 aromatic carbocycles. The van der Waals surface area contributed by atoms with Crippen LogP contribution >= 0.6 is 0 Å². The smallest absolute Gasteiger partial charge is 0.504 e. The molecule has 0 atom stereocenters. The van der Waals surface area contributed by atoms with E-state index in [0.717, 1.165) is 11.1 Å². The van der Waals surface area contributed by atoms with Crippen LogP contribution in [0.2, 0.25) is 0 Å². The Bertz CT molecular complexity index is 436. The molecule has 0 aromatic heterocycles. The van der Waals surface area contributed by atoms with Crippen molar-refractivity contribution in [3.8, 4) is 11.5 Å². The molecular formula is C22H28O2V+4. The number of hydrogen-bond acceptors (Lipinski definition) is 2. The molecule has 2 saturated carbocycles. The van der Waals surface area contributed by atoms with E-state index in [2.05, 4.69) is 13.8 Å². The Kier molecular flexibility index (Phi) is 13.3. The third-order valence-electron chi connectivity index (χ3n) is 3.54. The largest absolute Gasteiger partial charge is 4.00 e. The summed E-state index contributed by atoms with van der Waals surface area (Å²) in [7, 11) is 0. The Morgan fingerprint density at radius 2 is 0.960 bits per heavy atom. The number of aromatic hydroxyl groups is 2. The molecule has 129 valence electrons. The van der Waals surface area contributed by atoms with Crippen LogP contribution in [0.1, 0.15) is 50.7 Å². The minimum absolute atomic E-state index is 0. The molecule has 25 heavy (non-hydrogen) atoms. The third-order valence-corrected chi connectivity index (χ3v) is 3.54. The topological polar surface area (TPSA) is 40.5 Å². The van der Waals surface area contributed by atoms with Crippen LogP contribution < -0.4 is 0 Å². The second-order valence-electron chi connectivity index (χ2n) is 6.21. The van der Waals surface area contributed by atoms with Gasteiger partial charge in [-0.1, -0.05) is 33.8 Å². The van der Waals surface area contributed by atoms with Gasteiger partial charge in [-0.25, -0.2) is 0 Å².